The van der Waals surface area contributed by atoms with Crippen molar-refractivity contribution in [3.05, 3.63) is 64.6 Å². The van der Waals surface area contributed by atoms with Gasteiger partial charge in [0.15, 0.2) is 6.61 Å². The number of hydrogen-bond acceptors (Lipinski definition) is 5. The highest BCUT2D eigenvalue weighted by atomic mass is 32.2. The van der Waals surface area contributed by atoms with E-state index in [1.165, 1.54) is 4.90 Å². The van der Waals surface area contributed by atoms with E-state index in [1.54, 1.807) is 37.3 Å². The maximum Gasteiger partial charge on any atom is 0.293 e. The lowest BCUT2D eigenvalue weighted by Gasteiger charge is -2.09. The second kappa shape index (κ2) is 8.75. The van der Waals surface area contributed by atoms with Crippen molar-refractivity contribution in [2.45, 2.75) is 13.8 Å². The first-order valence-corrected chi connectivity index (χ1v) is 9.63. The van der Waals surface area contributed by atoms with Gasteiger partial charge in [0.25, 0.3) is 17.1 Å². The highest BCUT2D eigenvalue weighted by Gasteiger charge is 2.33. The van der Waals surface area contributed by atoms with E-state index in [4.69, 9.17) is 4.74 Å². The fraction of sp³-hybridized carbons (Fsp3) is 0.190. The van der Waals surface area contributed by atoms with Gasteiger partial charge < -0.3 is 10.1 Å². The van der Waals surface area contributed by atoms with E-state index in [-0.39, 0.29) is 23.7 Å². The van der Waals surface area contributed by atoms with E-state index in [0.717, 1.165) is 28.6 Å². The highest BCUT2D eigenvalue weighted by Crippen LogP contribution is 2.32. The summed E-state index contributed by atoms with van der Waals surface area (Å²) in [5.41, 5.74) is 2.51. The third kappa shape index (κ3) is 4.61. The SMILES string of the molecule is CCN1C(=O)S/C(=C\c2ccc(OCC(=O)Nc3ccccc3C)cc2)C1=O. The van der Waals surface area contributed by atoms with Crippen molar-refractivity contribution in [2.24, 2.45) is 0 Å². The molecule has 1 heterocycles. The lowest BCUT2D eigenvalue weighted by atomic mass is 10.2. The van der Waals surface area contributed by atoms with Gasteiger partial charge in [0.05, 0.1) is 4.91 Å². The van der Waals surface area contributed by atoms with Gasteiger partial charge >= 0.3 is 0 Å². The summed E-state index contributed by atoms with van der Waals surface area (Å²) in [6.07, 6.45) is 1.68. The zero-order valence-electron chi connectivity index (χ0n) is 15.6. The Morgan fingerprint density at radius 2 is 1.86 bits per heavy atom. The van der Waals surface area contributed by atoms with Crippen molar-refractivity contribution in [1.29, 1.82) is 0 Å². The van der Waals surface area contributed by atoms with Gasteiger partial charge in [-0.1, -0.05) is 30.3 Å². The summed E-state index contributed by atoms with van der Waals surface area (Å²) in [4.78, 5) is 37.5. The predicted molar refractivity (Wildman–Crippen MR) is 110 cm³/mol. The Morgan fingerprint density at radius 3 is 2.50 bits per heavy atom. The van der Waals surface area contributed by atoms with E-state index < -0.39 is 0 Å². The first kappa shape index (κ1) is 19.7. The highest BCUT2D eigenvalue weighted by molar-refractivity contribution is 8.18. The molecule has 1 aliphatic heterocycles. The number of carbonyl (C=O) groups excluding carboxylic acids is 3. The van der Waals surface area contributed by atoms with Crippen LogP contribution in [0.5, 0.6) is 5.75 Å². The molecule has 1 fully saturated rings. The average molecular weight is 396 g/mol. The maximum absolute atomic E-state index is 12.1. The summed E-state index contributed by atoms with van der Waals surface area (Å²) in [7, 11) is 0. The largest absolute Gasteiger partial charge is 0.484 e. The van der Waals surface area contributed by atoms with Crippen LogP contribution in [-0.4, -0.2) is 35.1 Å². The smallest absolute Gasteiger partial charge is 0.293 e. The van der Waals surface area contributed by atoms with E-state index in [1.807, 2.05) is 31.2 Å². The molecule has 0 aromatic heterocycles. The minimum atomic E-state index is -0.272. The minimum Gasteiger partial charge on any atom is -0.484 e. The van der Waals surface area contributed by atoms with E-state index in [9.17, 15) is 14.4 Å². The van der Waals surface area contributed by atoms with Gasteiger partial charge in [0.2, 0.25) is 0 Å². The molecule has 3 amide bonds. The Bertz CT molecular complexity index is 938. The van der Waals surface area contributed by atoms with Gasteiger partial charge in [0.1, 0.15) is 5.75 Å². The standard InChI is InChI=1S/C21H20N2O4S/c1-3-23-20(25)18(28-21(23)26)12-15-8-10-16(11-9-15)27-13-19(24)22-17-7-5-4-6-14(17)2/h4-12H,3,13H2,1-2H3,(H,22,24)/b18-12-. The molecular formula is C21H20N2O4S. The number of hydrogen-bond donors (Lipinski definition) is 1. The lowest BCUT2D eigenvalue weighted by Crippen LogP contribution is -2.27. The number of thioether (sulfide) groups is 1. The third-order valence-electron chi connectivity index (χ3n) is 4.16. The molecule has 0 unspecified atom stereocenters. The number of rotatable bonds is 6. The van der Waals surface area contributed by atoms with Gasteiger partial charge in [-0.05, 0) is 61.0 Å². The average Bonchev–Trinajstić information content (AvgIpc) is 2.95. The topological polar surface area (TPSA) is 75.7 Å². The number of aryl methyl sites for hydroxylation is 1. The third-order valence-corrected chi connectivity index (χ3v) is 5.06. The molecule has 0 spiro atoms. The number of ether oxygens (including phenoxy) is 1. The van der Waals surface area contributed by atoms with Crippen LogP contribution in [0.2, 0.25) is 0 Å². The zero-order chi connectivity index (χ0) is 20.1. The molecule has 2 aromatic rings. The maximum atomic E-state index is 12.1. The number of para-hydroxylation sites is 1. The molecule has 0 saturated carbocycles. The molecule has 1 N–H and O–H groups in total. The number of amides is 3. The second-order valence-electron chi connectivity index (χ2n) is 6.15. The summed E-state index contributed by atoms with van der Waals surface area (Å²) >= 11 is 0.936. The van der Waals surface area contributed by atoms with Crippen LogP contribution in [0.4, 0.5) is 10.5 Å². The quantitative estimate of drug-likeness (QED) is 0.745. The van der Waals surface area contributed by atoms with Crippen LogP contribution in [0.1, 0.15) is 18.1 Å². The predicted octanol–water partition coefficient (Wildman–Crippen LogP) is 4.07. The molecule has 1 aliphatic rings. The van der Waals surface area contributed by atoms with Crippen LogP contribution in [0, 0.1) is 6.92 Å². The number of anilines is 1. The second-order valence-corrected chi connectivity index (χ2v) is 7.14. The van der Waals surface area contributed by atoms with Crippen LogP contribution in [-0.2, 0) is 9.59 Å². The van der Waals surface area contributed by atoms with Gasteiger partial charge in [-0.15, -0.1) is 0 Å². The van der Waals surface area contributed by atoms with E-state index >= 15 is 0 Å². The van der Waals surface area contributed by atoms with Crippen molar-refractivity contribution in [3.63, 3.8) is 0 Å². The van der Waals surface area contributed by atoms with Crippen LogP contribution in [0.3, 0.4) is 0 Å². The van der Waals surface area contributed by atoms with Crippen molar-refractivity contribution in [2.75, 3.05) is 18.5 Å². The Kier molecular flexibility index (Phi) is 6.16. The number of benzene rings is 2. The van der Waals surface area contributed by atoms with E-state index in [2.05, 4.69) is 5.32 Å². The minimum absolute atomic E-state index is 0.108. The molecule has 3 rings (SSSR count). The molecule has 144 valence electrons. The molecule has 6 nitrogen and oxygen atoms in total. The molecule has 0 aliphatic carbocycles. The summed E-state index contributed by atoms with van der Waals surface area (Å²) in [6, 6.07) is 14.5. The fourth-order valence-corrected chi connectivity index (χ4v) is 3.54. The van der Waals surface area contributed by atoms with Gasteiger partial charge in [0, 0.05) is 12.2 Å². The van der Waals surface area contributed by atoms with Crippen LogP contribution in [0.15, 0.2) is 53.4 Å². The molecule has 1 saturated heterocycles. The monoisotopic (exact) mass is 396 g/mol. The summed E-state index contributed by atoms with van der Waals surface area (Å²) in [5, 5.41) is 2.56. The van der Waals surface area contributed by atoms with E-state index in [0.29, 0.717) is 17.2 Å². The Labute approximate surface area is 167 Å². The number of carbonyl (C=O) groups is 3. The Morgan fingerprint density at radius 1 is 1.14 bits per heavy atom. The van der Waals surface area contributed by atoms with Crippen LogP contribution in [0.25, 0.3) is 6.08 Å². The first-order valence-electron chi connectivity index (χ1n) is 8.81. The number of nitrogens with zero attached hydrogens (tertiary/aromatic N) is 1. The molecule has 0 radical (unpaired) electrons. The number of imide groups is 1. The van der Waals surface area contributed by atoms with Gasteiger partial charge in [-0.3, -0.25) is 19.3 Å². The number of nitrogens with one attached hydrogen (secondary N) is 1. The Balaban J connectivity index is 1.57. The van der Waals surface area contributed by atoms with Crippen LogP contribution >= 0.6 is 11.8 Å². The van der Waals surface area contributed by atoms with Crippen molar-refractivity contribution in [3.8, 4) is 5.75 Å². The molecule has 7 heteroatoms. The molecule has 0 atom stereocenters. The van der Waals surface area contributed by atoms with Crippen LogP contribution < -0.4 is 10.1 Å². The Hall–Kier alpha value is -3.06. The normalized spacial score (nSPS) is 15.2. The molecular weight excluding hydrogens is 376 g/mol. The molecule has 0 bridgehead atoms. The fourth-order valence-electron chi connectivity index (χ4n) is 2.63. The summed E-state index contributed by atoms with van der Waals surface area (Å²) in [5.74, 6) is 0.0241. The van der Waals surface area contributed by atoms with Crippen molar-refractivity contribution >= 4 is 40.6 Å². The van der Waals surface area contributed by atoms with Crippen molar-refractivity contribution < 1.29 is 19.1 Å². The zero-order valence-corrected chi connectivity index (χ0v) is 16.4. The van der Waals surface area contributed by atoms with Gasteiger partial charge in [-0.25, -0.2) is 0 Å². The van der Waals surface area contributed by atoms with Gasteiger partial charge in [-0.2, -0.15) is 0 Å². The summed E-state index contributed by atoms with van der Waals surface area (Å²) < 4.78 is 5.51. The molecule has 2 aromatic carbocycles. The first-order chi connectivity index (χ1) is 13.5. The lowest BCUT2D eigenvalue weighted by molar-refractivity contribution is -0.122. The molecule has 28 heavy (non-hydrogen) atoms. The number of likely N-dealkylation sites (N-methyl/N-ethyl adjacent to an activating group) is 1. The summed E-state index contributed by atoms with van der Waals surface area (Å²) in [6.45, 7) is 3.94. The van der Waals surface area contributed by atoms with Crippen molar-refractivity contribution in [1.82, 2.24) is 4.90 Å².